The van der Waals surface area contributed by atoms with Gasteiger partial charge in [-0.05, 0) is 0 Å². The predicted molar refractivity (Wildman–Crippen MR) is 28.9 cm³/mol. The molecule has 62 valence electrons. The summed E-state index contributed by atoms with van der Waals surface area (Å²) in [5.74, 6) is 0. The molecule has 0 atom stereocenters. The van der Waals surface area contributed by atoms with Crippen LogP contribution in [0, 0.1) is 7.43 Å². The van der Waals surface area contributed by atoms with Gasteiger partial charge in [-0.25, -0.2) is 0 Å². The van der Waals surface area contributed by atoms with Gasteiger partial charge in [-0.15, -0.1) is 0 Å². The van der Waals surface area contributed by atoms with Gasteiger partial charge in [-0.2, -0.15) is 0 Å². The number of halogens is 7. The summed E-state index contributed by atoms with van der Waals surface area (Å²) in [6, 6.07) is 0. The second kappa shape index (κ2) is 30.9. The summed E-state index contributed by atoms with van der Waals surface area (Å²) in [5.41, 5.74) is 1.09. The van der Waals surface area contributed by atoms with E-state index >= 15 is 0 Å². The van der Waals surface area contributed by atoms with Crippen molar-refractivity contribution in [2.45, 2.75) is 0 Å². The van der Waals surface area contributed by atoms with E-state index in [1.807, 2.05) is 0 Å². The van der Waals surface area contributed by atoms with Crippen molar-refractivity contribution in [1.82, 2.24) is 0 Å². The fourth-order valence-electron chi connectivity index (χ4n) is 0. The summed E-state index contributed by atoms with van der Waals surface area (Å²) in [7, 11) is 0. The zero-order valence-electron chi connectivity index (χ0n) is 4.22. The number of rotatable bonds is 0. The van der Waals surface area contributed by atoms with Gasteiger partial charge >= 0.3 is 7.43 Å². The van der Waals surface area contributed by atoms with E-state index in [0.29, 0.717) is 0 Å². The predicted octanol–water partition coefficient (Wildman–Crippen LogP) is -9.40. The van der Waals surface area contributed by atoms with Crippen LogP contribution in [-0.4, -0.2) is 0 Å². The van der Waals surface area contributed by atoms with Crippen molar-refractivity contribution in [3.63, 3.8) is 0 Å². The Morgan fingerprint density at radius 1 is 0.900 bits per heavy atom. The third kappa shape index (κ3) is 52.9. The molecule has 0 bridgehead atoms. The van der Waals surface area contributed by atoms with Gasteiger partial charge in [0.25, 0.3) is 0 Å². The molecule has 0 rings (SSSR count). The van der Waals surface area contributed by atoms with Gasteiger partial charge in [0.2, 0.25) is 0 Å². The van der Waals surface area contributed by atoms with Crippen LogP contribution in [0.5, 0.6) is 0 Å². The van der Waals surface area contributed by atoms with Gasteiger partial charge in [-0.3, -0.25) is 0 Å². The maximum atomic E-state index is 4.96. The Hall–Kier alpha value is 1.77. The molecule has 0 unspecified atom stereocenters. The van der Waals surface area contributed by atoms with Crippen LogP contribution >= 0.6 is 34.8 Å². The van der Waals surface area contributed by atoms with Crippen molar-refractivity contribution in [3.05, 3.63) is 17.5 Å². The quantitative estimate of drug-likeness (QED) is 0.415. The van der Waals surface area contributed by atoms with Crippen LogP contribution in [-0.2, 0) is 0 Å². The molecule has 0 aromatic heterocycles. The van der Waals surface area contributed by atoms with Crippen molar-refractivity contribution < 1.29 is 49.6 Å². The van der Waals surface area contributed by atoms with Crippen molar-refractivity contribution in [2.75, 3.05) is 0 Å². The molecule has 0 aliphatic rings. The van der Waals surface area contributed by atoms with Crippen LogP contribution in [0.25, 0.3) is 0 Å². The van der Waals surface area contributed by atoms with E-state index in [9.17, 15) is 0 Å². The second-order valence-corrected chi connectivity index (χ2v) is 1.62. The molecule has 0 aromatic rings. The minimum Gasteiger partial charge on any atom is -1.00 e. The molecule has 0 radical (unpaired) electrons. The first-order valence-corrected chi connectivity index (χ1v) is 2.08. The third-order valence-electron chi connectivity index (χ3n) is 0.0825. The van der Waals surface area contributed by atoms with Gasteiger partial charge in [0.1, 0.15) is 4.49 Å². The van der Waals surface area contributed by atoms with Crippen LogP contribution in [0.4, 0.5) is 0 Å². The Morgan fingerprint density at radius 2 is 1.00 bits per heavy atom. The molecule has 0 nitrogen and oxygen atoms in total. The zero-order valence-corrected chi connectivity index (χ0v) is 9.51. The molecule has 0 N–H and O–H groups in total. The largest absolute Gasteiger partial charge is 4.00 e. The summed E-state index contributed by atoms with van der Waals surface area (Å²) in [5, 5.41) is 0. The van der Waals surface area contributed by atoms with Gasteiger partial charge in [-0.1, -0.05) is 34.8 Å². The summed E-state index contributed by atoms with van der Waals surface area (Å²) >= 11 is 14.8. The first kappa shape index (κ1) is 41.0. The first-order chi connectivity index (χ1) is 2.27. The Labute approximate surface area is 101 Å². The van der Waals surface area contributed by atoms with Crippen LogP contribution in [0.3, 0.4) is 0 Å². The average molecular weight is 285 g/mol. The van der Waals surface area contributed by atoms with Gasteiger partial charge in [0, 0.05) is 5.54 Å². The fourth-order valence-corrected chi connectivity index (χ4v) is 0. The molecule has 7 heteroatoms. The van der Waals surface area contributed by atoms with Crippen LogP contribution in [0.15, 0.2) is 10.0 Å². The average Bonchev–Trinajstić information content (AvgIpc) is 1.38. The third-order valence-corrected chi connectivity index (χ3v) is 0.742. The maximum absolute atomic E-state index is 4.96. The molecule has 0 aromatic carbocycles. The molecule has 0 spiro atoms. The molecule has 0 saturated carbocycles. The monoisotopic (exact) mass is 282 g/mol. The summed E-state index contributed by atoms with van der Waals surface area (Å²) in [6.45, 7) is 0. The molecule has 0 saturated heterocycles. The van der Waals surface area contributed by atoms with E-state index in [4.69, 9.17) is 34.8 Å². The molecule has 0 aliphatic heterocycles. The van der Waals surface area contributed by atoms with Crippen molar-refractivity contribution in [1.29, 1.82) is 0 Å². The fraction of sp³-hybridized carbons (Fsp3) is 0. The summed E-state index contributed by atoms with van der Waals surface area (Å²) in [6.07, 6.45) is 0. The molecular weight excluding hydrogens is 284 g/mol. The number of hydrogen-bond donors (Lipinski definition) is 0. The molecule has 0 heterocycles. The maximum Gasteiger partial charge on any atom is 4.00 e. The molecular formula is C3HCl7. The Bertz CT molecular complexity index is 46.8. The van der Waals surface area contributed by atoms with E-state index in [2.05, 4.69) is 0 Å². The first-order valence-electron chi connectivity index (χ1n) is 0.885. The SMILES string of the molecule is ClC=C(Cl)Cl.[C+4].[Cl-].[Cl-].[Cl-].[Cl-]. The summed E-state index contributed by atoms with van der Waals surface area (Å²) in [4.78, 5) is 0. The zero-order chi connectivity index (χ0) is 4.28. The normalized spacial score (nSPS) is 3.50. The summed E-state index contributed by atoms with van der Waals surface area (Å²) < 4.78 is 0.0895. The van der Waals surface area contributed by atoms with E-state index in [1.165, 1.54) is 0 Å². The Kier molecular flexibility index (Phi) is 127. The standard InChI is InChI=1S/C2HCl3.C.4ClH/c3-1-2(4)5;;;;;/h1H;;4*1H/q;+4;;;;/p-4. The van der Waals surface area contributed by atoms with Gasteiger partial charge in [0.15, 0.2) is 0 Å². The van der Waals surface area contributed by atoms with Gasteiger partial charge in [0.05, 0.1) is 0 Å². The molecule has 0 aliphatic carbocycles. The molecule has 10 heavy (non-hydrogen) atoms. The van der Waals surface area contributed by atoms with Crippen LogP contribution in [0.1, 0.15) is 0 Å². The van der Waals surface area contributed by atoms with Gasteiger partial charge < -0.3 is 49.6 Å². The minimum atomic E-state index is 0. The van der Waals surface area contributed by atoms with E-state index in [-0.39, 0.29) is 61.5 Å². The smallest absolute Gasteiger partial charge is 1.00 e. The minimum absolute atomic E-state index is 0. The van der Waals surface area contributed by atoms with Crippen molar-refractivity contribution >= 4 is 34.8 Å². The topological polar surface area (TPSA) is 0 Å². The Balaban J connectivity index is -0.00000000800. The number of hydrogen-bond acceptors (Lipinski definition) is 0. The Morgan fingerprint density at radius 3 is 1.00 bits per heavy atom. The second-order valence-electron chi connectivity index (χ2n) is 0.399. The van der Waals surface area contributed by atoms with Crippen LogP contribution in [0.2, 0.25) is 0 Å². The van der Waals surface area contributed by atoms with Crippen molar-refractivity contribution in [3.8, 4) is 0 Å². The van der Waals surface area contributed by atoms with Crippen LogP contribution < -0.4 is 49.6 Å². The van der Waals surface area contributed by atoms with E-state index in [0.717, 1.165) is 5.54 Å². The van der Waals surface area contributed by atoms with E-state index in [1.54, 1.807) is 0 Å². The van der Waals surface area contributed by atoms with Crippen molar-refractivity contribution in [2.24, 2.45) is 0 Å². The van der Waals surface area contributed by atoms with E-state index < -0.39 is 0 Å². The molecule has 0 amide bonds. The molecule has 0 fully saturated rings.